The maximum Gasteiger partial charge on any atom is 0.238 e. The Bertz CT molecular complexity index is 1310. The third-order valence-corrected chi connectivity index (χ3v) is 6.36. The van der Waals surface area contributed by atoms with Crippen LogP contribution in [-0.2, 0) is 10.0 Å². The molecule has 0 aliphatic rings. The predicted molar refractivity (Wildman–Crippen MR) is 116 cm³/mol. The van der Waals surface area contributed by atoms with Crippen molar-refractivity contribution in [3.05, 3.63) is 59.4 Å². The van der Waals surface area contributed by atoms with Crippen molar-refractivity contribution >= 4 is 65.6 Å². The number of thiazole rings is 1. The van der Waals surface area contributed by atoms with Crippen molar-refractivity contribution in [1.82, 2.24) is 15.0 Å². The SMILES string of the molecule is Cc1ccc(Nc2ncnc3nc(Nc4ccc(S(N)(=O)=O)cc4)sc23)cc1Cl. The van der Waals surface area contributed by atoms with Gasteiger partial charge in [-0.2, -0.15) is 4.98 Å². The summed E-state index contributed by atoms with van der Waals surface area (Å²) < 4.78 is 23.5. The number of hydrogen-bond donors (Lipinski definition) is 3. The Morgan fingerprint density at radius 1 is 1.03 bits per heavy atom. The number of benzene rings is 2. The van der Waals surface area contributed by atoms with Gasteiger partial charge in [0.2, 0.25) is 10.0 Å². The van der Waals surface area contributed by atoms with Crippen molar-refractivity contribution < 1.29 is 8.42 Å². The number of nitrogens with two attached hydrogens (primary N) is 1. The fourth-order valence-corrected chi connectivity index (χ4v) is 4.14. The van der Waals surface area contributed by atoms with Gasteiger partial charge in [-0.25, -0.2) is 23.5 Å². The van der Waals surface area contributed by atoms with Gasteiger partial charge in [0.25, 0.3) is 0 Å². The quantitative estimate of drug-likeness (QED) is 0.420. The largest absolute Gasteiger partial charge is 0.339 e. The highest BCUT2D eigenvalue weighted by Gasteiger charge is 2.12. The number of rotatable bonds is 5. The first-order valence-corrected chi connectivity index (χ1v) is 11.1. The van der Waals surface area contributed by atoms with E-state index in [0.717, 1.165) is 16.0 Å². The molecule has 11 heteroatoms. The minimum Gasteiger partial charge on any atom is -0.339 e. The molecule has 2 aromatic heterocycles. The van der Waals surface area contributed by atoms with E-state index < -0.39 is 10.0 Å². The lowest BCUT2D eigenvalue weighted by molar-refractivity contribution is 0.598. The number of aromatic nitrogens is 3. The van der Waals surface area contributed by atoms with Crippen LogP contribution in [0.15, 0.2) is 53.7 Å². The Labute approximate surface area is 175 Å². The van der Waals surface area contributed by atoms with Gasteiger partial charge in [-0.3, -0.25) is 0 Å². The summed E-state index contributed by atoms with van der Waals surface area (Å²) in [4.78, 5) is 13.0. The summed E-state index contributed by atoms with van der Waals surface area (Å²) in [6, 6.07) is 11.8. The van der Waals surface area contributed by atoms with E-state index in [-0.39, 0.29) is 4.90 Å². The zero-order valence-electron chi connectivity index (χ0n) is 15.0. The first kappa shape index (κ1) is 19.5. The molecule has 0 amide bonds. The molecule has 8 nitrogen and oxygen atoms in total. The van der Waals surface area contributed by atoms with E-state index in [4.69, 9.17) is 16.7 Å². The summed E-state index contributed by atoms with van der Waals surface area (Å²) in [6.07, 6.45) is 1.44. The number of sulfonamides is 1. The topological polar surface area (TPSA) is 123 Å². The summed E-state index contributed by atoms with van der Waals surface area (Å²) >= 11 is 7.56. The van der Waals surface area contributed by atoms with Crippen molar-refractivity contribution in [2.45, 2.75) is 11.8 Å². The lowest BCUT2D eigenvalue weighted by atomic mass is 10.2. The van der Waals surface area contributed by atoms with Gasteiger partial charge >= 0.3 is 0 Å². The van der Waals surface area contributed by atoms with E-state index in [2.05, 4.69) is 25.6 Å². The smallest absolute Gasteiger partial charge is 0.238 e. The van der Waals surface area contributed by atoms with Crippen molar-refractivity contribution in [2.24, 2.45) is 5.14 Å². The maximum atomic E-state index is 11.4. The van der Waals surface area contributed by atoms with E-state index in [1.807, 2.05) is 25.1 Å². The Kier molecular flexibility index (Phi) is 5.09. The minimum absolute atomic E-state index is 0.0430. The number of fused-ring (bicyclic) bond motifs is 1. The van der Waals surface area contributed by atoms with E-state index in [1.165, 1.54) is 29.8 Å². The lowest BCUT2D eigenvalue weighted by Crippen LogP contribution is -2.11. The minimum atomic E-state index is -3.73. The monoisotopic (exact) mass is 446 g/mol. The van der Waals surface area contributed by atoms with Gasteiger partial charge in [-0.15, -0.1) is 0 Å². The van der Waals surface area contributed by atoms with Crippen LogP contribution in [0.5, 0.6) is 0 Å². The number of hydrogen-bond acceptors (Lipinski definition) is 8. The van der Waals surface area contributed by atoms with Gasteiger partial charge in [-0.1, -0.05) is 29.0 Å². The van der Waals surface area contributed by atoms with E-state index >= 15 is 0 Å². The molecule has 0 fully saturated rings. The van der Waals surface area contributed by atoms with Gasteiger partial charge in [0.1, 0.15) is 11.0 Å². The van der Waals surface area contributed by atoms with Gasteiger partial charge in [0.15, 0.2) is 16.6 Å². The Balaban J connectivity index is 1.61. The summed E-state index contributed by atoms with van der Waals surface area (Å²) in [5, 5.41) is 12.7. The highest BCUT2D eigenvalue weighted by Crippen LogP contribution is 2.33. The van der Waals surface area contributed by atoms with Crippen LogP contribution in [0, 0.1) is 6.92 Å². The second-order valence-corrected chi connectivity index (χ2v) is 9.15. The normalized spacial score (nSPS) is 11.6. The van der Waals surface area contributed by atoms with Crippen LogP contribution < -0.4 is 15.8 Å². The number of anilines is 4. The standard InChI is InChI=1S/C18H15ClN6O2S2/c1-10-2-3-12(8-14(10)19)23-16-15-17(22-9-21-16)25-18(28-15)24-11-4-6-13(7-5-11)29(20,26)27/h2-9H,1H3,(H2,20,26,27)(H2,21,22,23,24,25). The molecule has 4 aromatic rings. The molecule has 0 bridgehead atoms. The fourth-order valence-electron chi connectivity index (χ4n) is 2.56. The van der Waals surface area contributed by atoms with Crippen LogP contribution in [0.3, 0.4) is 0 Å². The predicted octanol–water partition coefficient (Wildman–Crippen LogP) is 4.18. The average Bonchev–Trinajstić information content (AvgIpc) is 3.08. The number of primary sulfonamides is 1. The van der Waals surface area contributed by atoms with E-state index in [9.17, 15) is 8.42 Å². The fraction of sp³-hybridized carbons (Fsp3) is 0.0556. The highest BCUT2D eigenvalue weighted by molar-refractivity contribution is 7.89. The van der Waals surface area contributed by atoms with Gasteiger partial charge < -0.3 is 10.6 Å². The number of halogens is 1. The van der Waals surface area contributed by atoms with Gasteiger partial charge in [-0.05, 0) is 48.9 Å². The molecule has 0 spiro atoms. The summed E-state index contributed by atoms with van der Waals surface area (Å²) in [5.74, 6) is 0.616. The molecule has 0 radical (unpaired) electrons. The highest BCUT2D eigenvalue weighted by atomic mass is 35.5. The number of aryl methyl sites for hydroxylation is 1. The molecule has 0 aliphatic heterocycles. The second kappa shape index (κ2) is 7.56. The molecular weight excluding hydrogens is 432 g/mol. The number of nitrogens with zero attached hydrogens (tertiary/aromatic N) is 3. The van der Waals surface area contributed by atoms with Crippen LogP contribution in [-0.4, -0.2) is 23.4 Å². The van der Waals surface area contributed by atoms with Gasteiger partial charge in [0.05, 0.1) is 4.90 Å². The molecule has 4 N–H and O–H groups in total. The molecule has 29 heavy (non-hydrogen) atoms. The average molecular weight is 447 g/mol. The molecule has 148 valence electrons. The molecule has 0 saturated heterocycles. The summed E-state index contributed by atoms with van der Waals surface area (Å²) in [5.41, 5.74) is 3.00. The first-order valence-electron chi connectivity index (χ1n) is 8.34. The zero-order valence-corrected chi connectivity index (χ0v) is 17.4. The van der Waals surface area contributed by atoms with Crippen molar-refractivity contribution in [3.63, 3.8) is 0 Å². The number of nitrogens with one attached hydrogen (secondary N) is 2. The molecule has 2 heterocycles. The molecule has 4 rings (SSSR count). The van der Waals surface area contributed by atoms with Crippen LogP contribution in [0.1, 0.15) is 5.56 Å². The molecule has 0 unspecified atom stereocenters. The summed E-state index contributed by atoms with van der Waals surface area (Å²) in [6.45, 7) is 1.94. The first-order chi connectivity index (χ1) is 13.8. The van der Waals surface area contributed by atoms with Crippen molar-refractivity contribution in [2.75, 3.05) is 10.6 Å². The molecule has 0 aliphatic carbocycles. The van der Waals surface area contributed by atoms with E-state index in [0.29, 0.717) is 27.3 Å². The molecule has 0 saturated carbocycles. The van der Waals surface area contributed by atoms with Crippen LogP contribution in [0.4, 0.5) is 22.3 Å². The molecule has 0 atom stereocenters. The summed E-state index contributed by atoms with van der Waals surface area (Å²) in [7, 11) is -3.73. The Morgan fingerprint density at radius 2 is 1.76 bits per heavy atom. The third kappa shape index (κ3) is 4.30. The second-order valence-electron chi connectivity index (χ2n) is 6.18. The maximum absolute atomic E-state index is 11.4. The Hall–Kier alpha value is -2.79. The lowest BCUT2D eigenvalue weighted by Gasteiger charge is -2.07. The third-order valence-electron chi connectivity index (χ3n) is 4.06. The van der Waals surface area contributed by atoms with Gasteiger partial charge in [0, 0.05) is 16.4 Å². The van der Waals surface area contributed by atoms with Crippen LogP contribution >= 0.6 is 22.9 Å². The zero-order chi connectivity index (χ0) is 20.6. The van der Waals surface area contributed by atoms with Crippen molar-refractivity contribution in [3.8, 4) is 0 Å². The van der Waals surface area contributed by atoms with Crippen LogP contribution in [0.2, 0.25) is 5.02 Å². The molecule has 2 aromatic carbocycles. The van der Waals surface area contributed by atoms with Crippen LogP contribution in [0.25, 0.3) is 10.3 Å². The van der Waals surface area contributed by atoms with Crippen molar-refractivity contribution in [1.29, 1.82) is 0 Å². The molecular formula is C18H15ClN6O2S2. The Morgan fingerprint density at radius 3 is 2.45 bits per heavy atom. The van der Waals surface area contributed by atoms with E-state index in [1.54, 1.807) is 12.1 Å².